The van der Waals surface area contributed by atoms with Gasteiger partial charge >= 0.3 is 5.97 Å². The summed E-state index contributed by atoms with van der Waals surface area (Å²) in [6, 6.07) is 10.6. The van der Waals surface area contributed by atoms with E-state index in [2.05, 4.69) is 10.1 Å². The normalized spacial score (nSPS) is 15.5. The van der Waals surface area contributed by atoms with Crippen molar-refractivity contribution in [2.45, 2.75) is 30.6 Å². The molecular weight excluding hydrogens is 454 g/mol. The van der Waals surface area contributed by atoms with Crippen LogP contribution in [0.15, 0.2) is 50.5 Å². The second-order valence-electron chi connectivity index (χ2n) is 7.16. The molecule has 0 spiro atoms. The molecule has 3 heterocycles. The number of hydrogen-bond donors (Lipinski definition) is 0. The molecule has 0 unspecified atom stereocenters. The summed E-state index contributed by atoms with van der Waals surface area (Å²) in [5.41, 5.74) is 0.690. The summed E-state index contributed by atoms with van der Waals surface area (Å²) in [5, 5.41) is 5.68. The predicted molar refractivity (Wildman–Crippen MR) is 117 cm³/mol. The highest BCUT2D eigenvalue weighted by Crippen LogP contribution is 2.29. The number of esters is 1. The minimum atomic E-state index is -3.50. The third kappa shape index (κ3) is 4.84. The number of rotatable bonds is 8. The summed E-state index contributed by atoms with van der Waals surface area (Å²) in [5.74, 6) is 0.409. The molecule has 0 N–H and O–H groups in total. The predicted octanol–water partition coefficient (Wildman–Crippen LogP) is 3.34. The molecule has 1 aliphatic heterocycles. The maximum absolute atomic E-state index is 12.6. The zero-order valence-corrected chi connectivity index (χ0v) is 19.1. The fraction of sp³-hybridized carbons (Fsp3) is 0.381. The number of ether oxygens (including phenoxy) is 2. The highest BCUT2D eigenvalue weighted by Gasteiger charge is 2.33. The lowest BCUT2D eigenvalue weighted by molar-refractivity contribution is -0.152. The van der Waals surface area contributed by atoms with Crippen LogP contribution in [0.25, 0.3) is 11.4 Å². The van der Waals surface area contributed by atoms with Crippen LogP contribution >= 0.6 is 11.3 Å². The lowest BCUT2D eigenvalue weighted by Gasteiger charge is -2.29. The van der Waals surface area contributed by atoms with E-state index < -0.39 is 16.0 Å². The van der Waals surface area contributed by atoms with Crippen LogP contribution in [-0.2, 0) is 26.2 Å². The number of aromatic nitrogens is 2. The topological polar surface area (TPSA) is 112 Å². The van der Waals surface area contributed by atoms with Gasteiger partial charge in [0.2, 0.25) is 5.82 Å². The highest BCUT2D eigenvalue weighted by atomic mass is 32.2. The van der Waals surface area contributed by atoms with Gasteiger partial charge in [0.25, 0.3) is 15.9 Å². The average molecular weight is 478 g/mol. The molecule has 0 bridgehead atoms. The van der Waals surface area contributed by atoms with Gasteiger partial charge in [0.1, 0.15) is 9.96 Å². The van der Waals surface area contributed by atoms with Crippen LogP contribution in [0.2, 0.25) is 0 Å². The van der Waals surface area contributed by atoms with Crippen molar-refractivity contribution in [2.75, 3.05) is 19.7 Å². The highest BCUT2D eigenvalue weighted by molar-refractivity contribution is 7.91. The number of sulfonamides is 1. The summed E-state index contributed by atoms with van der Waals surface area (Å²) in [4.78, 5) is 16.8. The standard InChI is InChI=1S/C21H23N3O6S2/c1-2-28-17-7-4-3-6-16(17)20-22-18(30-23-20)14-29-21(25)15-9-11-24(12-10-15)32(26,27)19-8-5-13-31-19/h3-8,13,15H,2,9-12,14H2,1H3. The molecule has 1 aliphatic rings. The number of carbonyl (C=O) groups is 1. The molecule has 1 fully saturated rings. The molecule has 0 radical (unpaired) electrons. The number of hydrogen-bond acceptors (Lipinski definition) is 9. The first kappa shape index (κ1) is 22.4. The summed E-state index contributed by atoms with van der Waals surface area (Å²) < 4.78 is 43.1. The Kier molecular flexibility index (Phi) is 6.87. The van der Waals surface area contributed by atoms with E-state index in [0.29, 0.717) is 40.8 Å². The zero-order chi connectivity index (χ0) is 22.6. The van der Waals surface area contributed by atoms with Crippen molar-refractivity contribution in [2.24, 2.45) is 5.92 Å². The molecule has 3 aromatic rings. The molecule has 32 heavy (non-hydrogen) atoms. The first-order valence-electron chi connectivity index (χ1n) is 10.2. The van der Waals surface area contributed by atoms with E-state index in [-0.39, 0.29) is 31.5 Å². The van der Waals surface area contributed by atoms with Gasteiger partial charge in [-0.2, -0.15) is 9.29 Å². The maximum Gasteiger partial charge on any atom is 0.309 e. The third-order valence-corrected chi connectivity index (χ3v) is 8.38. The van der Waals surface area contributed by atoms with Crippen molar-refractivity contribution in [3.8, 4) is 17.1 Å². The number of piperidine rings is 1. The van der Waals surface area contributed by atoms with Crippen molar-refractivity contribution < 1.29 is 27.2 Å². The Morgan fingerprint density at radius 1 is 1.22 bits per heavy atom. The number of para-hydroxylation sites is 1. The van der Waals surface area contributed by atoms with Crippen molar-refractivity contribution in [1.82, 2.24) is 14.4 Å². The third-order valence-electron chi connectivity index (χ3n) is 5.11. The smallest absolute Gasteiger partial charge is 0.309 e. The van der Waals surface area contributed by atoms with Gasteiger partial charge < -0.3 is 14.0 Å². The summed E-state index contributed by atoms with van der Waals surface area (Å²) >= 11 is 1.19. The molecule has 2 aromatic heterocycles. The molecule has 4 rings (SSSR count). The van der Waals surface area contributed by atoms with Crippen molar-refractivity contribution >= 4 is 27.3 Å². The molecule has 0 amide bonds. The van der Waals surface area contributed by atoms with Gasteiger partial charge in [0.15, 0.2) is 6.61 Å². The number of carbonyl (C=O) groups excluding carboxylic acids is 1. The molecule has 0 saturated carbocycles. The van der Waals surface area contributed by atoms with Crippen molar-refractivity contribution in [1.29, 1.82) is 0 Å². The van der Waals surface area contributed by atoms with Crippen LogP contribution in [-0.4, -0.2) is 48.5 Å². The molecule has 0 aliphatic carbocycles. The van der Waals surface area contributed by atoms with Crippen LogP contribution in [0.5, 0.6) is 5.75 Å². The summed E-state index contributed by atoms with van der Waals surface area (Å²) in [6.07, 6.45) is 0.806. The maximum atomic E-state index is 12.6. The van der Waals surface area contributed by atoms with Gasteiger partial charge in [0.05, 0.1) is 18.1 Å². The van der Waals surface area contributed by atoms with Gasteiger partial charge in [-0.05, 0) is 43.3 Å². The number of benzene rings is 1. The average Bonchev–Trinajstić information content (AvgIpc) is 3.51. The van der Waals surface area contributed by atoms with E-state index in [1.165, 1.54) is 15.6 Å². The Morgan fingerprint density at radius 2 is 2.00 bits per heavy atom. The first-order valence-corrected chi connectivity index (χ1v) is 12.6. The molecule has 1 aromatic carbocycles. The largest absolute Gasteiger partial charge is 0.493 e. The van der Waals surface area contributed by atoms with E-state index in [1.54, 1.807) is 17.5 Å². The van der Waals surface area contributed by atoms with Crippen molar-refractivity contribution in [3.63, 3.8) is 0 Å². The summed E-state index contributed by atoms with van der Waals surface area (Å²) in [6.45, 7) is 2.81. The van der Waals surface area contributed by atoms with E-state index in [0.717, 1.165) is 0 Å². The van der Waals surface area contributed by atoms with Gasteiger partial charge in [0, 0.05) is 13.1 Å². The SMILES string of the molecule is CCOc1ccccc1-c1noc(COC(=O)C2CCN(S(=O)(=O)c3cccs3)CC2)n1. The lowest BCUT2D eigenvalue weighted by Crippen LogP contribution is -2.40. The Bertz CT molecular complexity index is 1150. The molecular formula is C21H23N3O6S2. The van der Waals surface area contributed by atoms with E-state index in [4.69, 9.17) is 14.0 Å². The molecule has 1 saturated heterocycles. The number of thiophene rings is 1. The second-order valence-corrected chi connectivity index (χ2v) is 10.3. The quantitative estimate of drug-likeness (QED) is 0.454. The number of nitrogens with zero attached hydrogens (tertiary/aromatic N) is 3. The fourth-order valence-electron chi connectivity index (χ4n) is 3.48. The molecule has 11 heteroatoms. The van der Waals surface area contributed by atoms with E-state index >= 15 is 0 Å². The van der Waals surface area contributed by atoms with Gasteiger partial charge in [-0.1, -0.05) is 23.4 Å². The van der Waals surface area contributed by atoms with Gasteiger partial charge in [-0.15, -0.1) is 11.3 Å². The monoisotopic (exact) mass is 477 g/mol. The Hall–Kier alpha value is -2.76. The lowest BCUT2D eigenvalue weighted by atomic mass is 9.98. The molecule has 9 nitrogen and oxygen atoms in total. The van der Waals surface area contributed by atoms with Crippen LogP contribution in [0, 0.1) is 5.92 Å². The van der Waals surface area contributed by atoms with Crippen LogP contribution in [0.1, 0.15) is 25.7 Å². The Labute approximate surface area is 190 Å². The van der Waals surface area contributed by atoms with Gasteiger partial charge in [-0.25, -0.2) is 8.42 Å². The van der Waals surface area contributed by atoms with Crippen LogP contribution in [0.4, 0.5) is 0 Å². The van der Waals surface area contributed by atoms with Crippen LogP contribution < -0.4 is 4.74 Å². The van der Waals surface area contributed by atoms with Crippen LogP contribution in [0.3, 0.4) is 0 Å². The van der Waals surface area contributed by atoms with E-state index in [9.17, 15) is 13.2 Å². The van der Waals surface area contributed by atoms with E-state index in [1.807, 2.05) is 31.2 Å². The molecule has 170 valence electrons. The van der Waals surface area contributed by atoms with Gasteiger partial charge in [-0.3, -0.25) is 4.79 Å². The molecule has 0 atom stereocenters. The zero-order valence-electron chi connectivity index (χ0n) is 17.5. The first-order chi connectivity index (χ1) is 15.5. The summed E-state index contributed by atoms with van der Waals surface area (Å²) in [7, 11) is -3.50. The fourth-order valence-corrected chi connectivity index (χ4v) is 6.09. The Balaban J connectivity index is 1.31. The van der Waals surface area contributed by atoms with Crippen molar-refractivity contribution in [3.05, 3.63) is 47.7 Å². The minimum absolute atomic E-state index is 0.143. The Morgan fingerprint density at radius 3 is 2.72 bits per heavy atom. The second kappa shape index (κ2) is 9.80. The minimum Gasteiger partial charge on any atom is -0.493 e.